The number of nitrogens with two attached hydrogens (primary N) is 2. The molecule has 2 rings (SSSR count). The van der Waals surface area contributed by atoms with E-state index in [-0.39, 0.29) is 11.8 Å². The van der Waals surface area contributed by atoms with Gasteiger partial charge in [0.1, 0.15) is 0 Å². The summed E-state index contributed by atoms with van der Waals surface area (Å²) in [7, 11) is 0. The van der Waals surface area contributed by atoms with E-state index in [1.54, 1.807) is 0 Å². The molecule has 0 aliphatic rings. The summed E-state index contributed by atoms with van der Waals surface area (Å²) >= 11 is 0. The fourth-order valence-corrected chi connectivity index (χ4v) is 1.71. The first kappa shape index (κ1) is 11.3. The van der Waals surface area contributed by atoms with Crippen molar-refractivity contribution in [1.29, 1.82) is 0 Å². The molecule has 0 saturated carbocycles. The van der Waals surface area contributed by atoms with Crippen molar-refractivity contribution in [3.05, 3.63) is 35.8 Å². The number of hydrazone groups is 1. The predicted molar refractivity (Wildman–Crippen MR) is 68.5 cm³/mol. The molecule has 4 N–H and O–H groups in total. The highest BCUT2D eigenvalue weighted by Gasteiger charge is 2.12. The van der Waals surface area contributed by atoms with E-state index in [1.807, 2.05) is 24.3 Å². The van der Waals surface area contributed by atoms with E-state index in [0.717, 1.165) is 16.6 Å². The second-order valence-electron chi connectivity index (χ2n) is 4.12. The molecule has 0 aliphatic heterocycles. The van der Waals surface area contributed by atoms with Crippen LogP contribution in [0.25, 0.3) is 10.9 Å². The van der Waals surface area contributed by atoms with Crippen LogP contribution in [0, 0.1) is 0 Å². The van der Waals surface area contributed by atoms with E-state index in [2.05, 4.69) is 28.9 Å². The Labute approximate surface area is 99.6 Å². The quantitative estimate of drug-likeness (QED) is 0.352. The van der Waals surface area contributed by atoms with Crippen LogP contribution in [0.2, 0.25) is 0 Å². The van der Waals surface area contributed by atoms with Crippen LogP contribution in [-0.2, 0) is 0 Å². The van der Waals surface area contributed by atoms with E-state index in [4.69, 9.17) is 11.6 Å². The van der Waals surface area contributed by atoms with Gasteiger partial charge in [-0.1, -0.05) is 32.0 Å². The topological polar surface area (TPSA) is 90.2 Å². The number of rotatable bonds is 2. The van der Waals surface area contributed by atoms with Crippen molar-refractivity contribution in [2.45, 2.75) is 19.8 Å². The zero-order valence-corrected chi connectivity index (χ0v) is 9.88. The minimum Gasteiger partial charge on any atom is -0.379 e. The average Bonchev–Trinajstić information content (AvgIpc) is 2.36. The number of fused-ring (bicyclic) bond motifs is 1. The molecule has 0 unspecified atom stereocenters. The Balaban J connectivity index is 2.76. The summed E-state index contributed by atoms with van der Waals surface area (Å²) in [6, 6.07) is 7.83. The molecule has 0 amide bonds. The molecule has 0 atom stereocenters. The van der Waals surface area contributed by atoms with E-state index in [0.29, 0.717) is 5.82 Å². The smallest absolute Gasteiger partial charge is 0.197 e. The predicted octanol–water partition coefficient (Wildman–Crippen LogP) is 1.33. The molecule has 5 nitrogen and oxygen atoms in total. The zero-order valence-electron chi connectivity index (χ0n) is 9.88. The van der Waals surface area contributed by atoms with Gasteiger partial charge in [0, 0.05) is 5.39 Å². The second-order valence-corrected chi connectivity index (χ2v) is 4.12. The average molecular weight is 229 g/mol. The number of benzene rings is 1. The molecular formula is C12H15N5. The van der Waals surface area contributed by atoms with E-state index in [1.165, 1.54) is 0 Å². The van der Waals surface area contributed by atoms with Gasteiger partial charge < -0.3 is 11.6 Å². The highest BCUT2D eigenvalue weighted by molar-refractivity contribution is 5.96. The maximum Gasteiger partial charge on any atom is 0.197 e. The second kappa shape index (κ2) is 4.37. The summed E-state index contributed by atoms with van der Waals surface area (Å²) in [5.74, 6) is 5.98. The lowest BCUT2D eigenvalue weighted by atomic mass is 10.0. The summed E-state index contributed by atoms with van der Waals surface area (Å²) in [6.07, 6.45) is 0. The Morgan fingerprint density at radius 3 is 2.59 bits per heavy atom. The zero-order chi connectivity index (χ0) is 12.4. The highest BCUT2D eigenvalue weighted by atomic mass is 15.2. The first-order valence-corrected chi connectivity index (χ1v) is 5.44. The van der Waals surface area contributed by atoms with Gasteiger partial charge in [-0.15, -0.1) is 0 Å². The van der Waals surface area contributed by atoms with Crippen LogP contribution in [0.5, 0.6) is 0 Å². The maximum atomic E-state index is 5.65. The van der Waals surface area contributed by atoms with Crippen molar-refractivity contribution in [3.8, 4) is 0 Å². The van der Waals surface area contributed by atoms with Crippen LogP contribution in [0.1, 0.15) is 31.3 Å². The minimum absolute atomic E-state index is 0.151. The number of amidine groups is 1. The van der Waals surface area contributed by atoms with Crippen molar-refractivity contribution >= 4 is 16.7 Å². The molecule has 0 saturated heterocycles. The van der Waals surface area contributed by atoms with Crippen molar-refractivity contribution in [2.24, 2.45) is 16.7 Å². The van der Waals surface area contributed by atoms with Crippen LogP contribution >= 0.6 is 0 Å². The van der Waals surface area contributed by atoms with Gasteiger partial charge in [0.05, 0.1) is 11.2 Å². The Hall–Kier alpha value is -2.17. The van der Waals surface area contributed by atoms with Crippen LogP contribution in [0.3, 0.4) is 0 Å². The lowest BCUT2D eigenvalue weighted by molar-refractivity contribution is 0.825. The Kier molecular flexibility index (Phi) is 2.91. The van der Waals surface area contributed by atoms with Gasteiger partial charge in [0.15, 0.2) is 11.7 Å². The monoisotopic (exact) mass is 229 g/mol. The lowest BCUT2D eigenvalue weighted by Gasteiger charge is -2.10. The van der Waals surface area contributed by atoms with Crippen LogP contribution in [0.4, 0.5) is 0 Å². The largest absolute Gasteiger partial charge is 0.379 e. The van der Waals surface area contributed by atoms with Crippen LogP contribution in [0.15, 0.2) is 29.4 Å². The third-order valence-electron chi connectivity index (χ3n) is 2.55. The Morgan fingerprint density at radius 2 is 1.94 bits per heavy atom. The molecule has 0 radical (unpaired) electrons. The molecule has 5 heteroatoms. The molecule has 17 heavy (non-hydrogen) atoms. The van der Waals surface area contributed by atoms with Gasteiger partial charge in [-0.2, -0.15) is 5.10 Å². The standard InChI is InChI=1S/C12H15N5/c1-7(2)10-8-5-3-4-6-9(8)15-12(16-10)11(13)17-14/h3-7H,14H2,1-2H3,(H2,13,17). The van der Waals surface area contributed by atoms with Gasteiger partial charge in [-0.3, -0.25) is 0 Å². The number of hydrogen-bond acceptors (Lipinski definition) is 4. The van der Waals surface area contributed by atoms with Gasteiger partial charge >= 0.3 is 0 Å². The lowest BCUT2D eigenvalue weighted by Crippen LogP contribution is -2.20. The fourth-order valence-electron chi connectivity index (χ4n) is 1.71. The molecule has 0 aliphatic carbocycles. The normalized spacial score (nSPS) is 12.3. The van der Waals surface area contributed by atoms with E-state index >= 15 is 0 Å². The fraction of sp³-hybridized carbons (Fsp3) is 0.250. The summed E-state index contributed by atoms with van der Waals surface area (Å²) in [5, 5.41) is 4.47. The van der Waals surface area contributed by atoms with Crippen molar-refractivity contribution in [1.82, 2.24) is 9.97 Å². The number of para-hydroxylation sites is 1. The van der Waals surface area contributed by atoms with Crippen molar-refractivity contribution in [3.63, 3.8) is 0 Å². The SMILES string of the molecule is CC(C)c1nc(/C(N)=N/N)nc2ccccc12. The van der Waals surface area contributed by atoms with Crippen LogP contribution in [-0.4, -0.2) is 15.8 Å². The van der Waals surface area contributed by atoms with Crippen LogP contribution < -0.4 is 11.6 Å². The van der Waals surface area contributed by atoms with Gasteiger partial charge in [0.25, 0.3) is 0 Å². The molecule has 1 heterocycles. The van der Waals surface area contributed by atoms with Crippen molar-refractivity contribution < 1.29 is 0 Å². The first-order valence-electron chi connectivity index (χ1n) is 5.44. The molecule has 0 fully saturated rings. The van der Waals surface area contributed by atoms with Crippen molar-refractivity contribution in [2.75, 3.05) is 0 Å². The number of hydrogen-bond donors (Lipinski definition) is 2. The van der Waals surface area contributed by atoms with E-state index in [9.17, 15) is 0 Å². The number of nitrogens with zero attached hydrogens (tertiary/aromatic N) is 3. The summed E-state index contributed by atoms with van der Waals surface area (Å²) in [5.41, 5.74) is 7.46. The number of aromatic nitrogens is 2. The minimum atomic E-state index is 0.151. The maximum absolute atomic E-state index is 5.65. The molecule has 1 aromatic heterocycles. The molecule has 88 valence electrons. The Bertz CT molecular complexity index is 574. The third kappa shape index (κ3) is 2.04. The molecule has 2 aromatic rings. The summed E-state index contributed by atoms with van der Waals surface area (Å²) < 4.78 is 0. The molecule has 0 bridgehead atoms. The third-order valence-corrected chi connectivity index (χ3v) is 2.55. The summed E-state index contributed by atoms with van der Waals surface area (Å²) in [4.78, 5) is 8.77. The molecular weight excluding hydrogens is 214 g/mol. The van der Waals surface area contributed by atoms with Gasteiger partial charge in [-0.05, 0) is 12.0 Å². The van der Waals surface area contributed by atoms with Gasteiger partial charge in [-0.25, -0.2) is 9.97 Å². The summed E-state index contributed by atoms with van der Waals surface area (Å²) in [6.45, 7) is 4.16. The molecule has 0 spiro atoms. The van der Waals surface area contributed by atoms with E-state index < -0.39 is 0 Å². The highest BCUT2D eigenvalue weighted by Crippen LogP contribution is 2.22. The Morgan fingerprint density at radius 1 is 1.24 bits per heavy atom. The molecule has 1 aromatic carbocycles. The first-order chi connectivity index (χ1) is 8.13. The van der Waals surface area contributed by atoms with Gasteiger partial charge in [0.2, 0.25) is 0 Å².